The summed E-state index contributed by atoms with van der Waals surface area (Å²) in [6.45, 7) is 8.91. The molecule has 0 saturated carbocycles. The SMILES string of the molecule is CCN(CCCN(C)C)C(=O)C1(CC)CCCNC1. The number of nitrogens with one attached hydrogen (secondary N) is 1. The first-order valence-electron chi connectivity index (χ1n) is 7.70. The highest BCUT2D eigenvalue weighted by molar-refractivity contribution is 5.83. The van der Waals surface area contributed by atoms with Crippen molar-refractivity contribution in [1.29, 1.82) is 0 Å². The lowest BCUT2D eigenvalue weighted by Gasteiger charge is -2.39. The molecule has 0 aromatic heterocycles. The first kappa shape index (κ1) is 16.4. The van der Waals surface area contributed by atoms with Crippen molar-refractivity contribution >= 4 is 5.91 Å². The van der Waals surface area contributed by atoms with E-state index < -0.39 is 0 Å². The number of nitrogens with zero attached hydrogens (tertiary/aromatic N) is 2. The van der Waals surface area contributed by atoms with Gasteiger partial charge in [0.05, 0.1) is 5.41 Å². The Hall–Kier alpha value is -0.610. The van der Waals surface area contributed by atoms with E-state index in [1.807, 2.05) is 0 Å². The molecule has 1 rings (SSSR count). The summed E-state index contributed by atoms with van der Waals surface area (Å²) < 4.78 is 0. The van der Waals surface area contributed by atoms with Gasteiger partial charge in [-0.15, -0.1) is 0 Å². The van der Waals surface area contributed by atoms with Crippen molar-refractivity contribution < 1.29 is 4.79 Å². The normalized spacial score (nSPS) is 23.6. The van der Waals surface area contributed by atoms with Gasteiger partial charge in [0.25, 0.3) is 0 Å². The van der Waals surface area contributed by atoms with Gasteiger partial charge in [0.15, 0.2) is 0 Å². The van der Waals surface area contributed by atoms with E-state index in [0.717, 1.165) is 58.4 Å². The van der Waals surface area contributed by atoms with Crippen LogP contribution in [0.5, 0.6) is 0 Å². The van der Waals surface area contributed by atoms with Gasteiger partial charge in [0.1, 0.15) is 0 Å². The second-order valence-corrected chi connectivity index (χ2v) is 5.96. The molecular formula is C15H31N3O. The molecule has 112 valence electrons. The zero-order chi connectivity index (χ0) is 14.3. The average Bonchev–Trinajstić information content (AvgIpc) is 2.43. The lowest BCUT2D eigenvalue weighted by Crippen LogP contribution is -2.52. The third-order valence-corrected chi connectivity index (χ3v) is 4.31. The Kier molecular flexibility index (Phi) is 6.80. The smallest absolute Gasteiger partial charge is 0.230 e. The molecule has 0 spiro atoms. The topological polar surface area (TPSA) is 35.6 Å². The maximum Gasteiger partial charge on any atom is 0.230 e. The Balaban J connectivity index is 2.59. The fourth-order valence-corrected chi connectivity index (χ4v) is 2.92. The highest BCUT2D eigenvalue weighted by atomic mass is 16.2. The Labute approximate surface area is 118 Å². The molecule has 0 bridgehead atoms. The van der Waals surface area contributed by atoms with Crippen molar-refractivity contribution in [2.24, 2.45) is 5.41 Å². The zero-order valence-electron chi connectivity index (χ0n) is 13.2. The third kappa shape index (κ3) is 4.46. The van der Waals surface area contributed by atoms with Crippen LogP contribution in [0.4, 0.5) is 0 Å². The molecule has 0 aliphatic carbocycles. The van der Waals surface area contributed by atoms with E-state index in [1.54, 1.807) is 0 Å². The van der Waals surface area contributed by atoms with E-state index in [2.05, 4.69) is 43.1 Å². The number of hydrogen-bond acceptors (Lipinski definition) is 3. The summed E-state index contributed by atoms with van der Waals surface area (Å²) in [5.41, 5.74) is -0.146. The predicted molar refractivity (Wildman–Crippen MR) is 80.3 cm³/mol. The van der Waals surface area contributed by atoms with Crippen LogP contribution in [0.1, 0.15) is 39.5 Å². The van der Waals surface area contributed by atoms with Gasteiger partial charge < -0.3 is 15.1 Å². The molecule has 1 aliphatic rings. The Morgan fingerprint density at radius 1 is 1.26 bits per heavy atom. The van der Waals surface area contributed by atoms with Gasteiger partial charge in [-0.05, 0) is 59.8 Å². The van der Waals surface area contributed by atoms with Crippen LogP contribution < -0.4 is 5.32 Å². The zero-order valence-corrected chi connectivity index (χ0v) is 13.2. The van der Waals surface area contributed by atoms with Crippen molar-refractivity contribution in [2.45, 2.75) is 39.5 Å². The summed E-state index contributed by atoms with van der Waals surface area (Å²) in [5, 5.41) is 3.41. The molecule has 0 radical (unpaired) electrons. The van der Waals surface area contributed by atoms with Crippen LogP contribution in [-0.4, -0.2) is 62.5 Å². The molecule has 1 atom stereocenters. The molecule has 1 N–H and O–H groups in total. The fourth-order valence-electron chi connectivity index (χ4n) is 2.92. The minimum absolute atomic E-state index is 0.146. The monoisotopic (exact) mass is 269 g/mol. The summed E-state index contributed by atoms with van der Waals surface area (Å²) >= 11 is 0. The van der Waals surface area contributed by atoms with Crippen molar-refractivity contribution in [2.75, 3.05) is 46.8 Å². The summed E-state index contributed by atoms with van der Waals surface area (Å²) in [6, 6.07) is 0. The largest absolute Gasteiger partial charge is 0.342 e. The molecule has 19 heavy (non-hydrogen) atoms. The maximum absolute atomic E-state index is 12.8. The molecule has 1 heterocycles. The summed E-state index contributed by atoms with van der Waals surface area (Å²) in [4.78, 5) is 17.1. The van der Waals surface area contributed by atoms with E-state index in [1.165, 1.54) is 0 Å². The van der Waals surface area contributed by atoms with Crippen LogP contribution in [0.2, 0.25) is 0 Å². The van der Waals surface area contributed by atoms with Crippen LogP contribution >= 0.6 is 0 Å². The highest BCUT2D eigenvalue weighted by Gasteiger charge is 2.39. The van der Waals surface area contributed by atoms with E-state index in [-0.39, 0.29) is 5.41 Å². The Morgan fingerprint density at radius 3 is 2.47 bits per heavy atom. The van der Waals surface area contributed by atoms with Gasteiger partial charge in [-0.3, -0.25) is 4.79 Å². The number of piperidine rings is 1. The number of carbonyl (C=O) groups excluding carboxylic acids is 1. The summed E-state index contributed by atoms with van der Waals surface area (Å²) in [7, 11) is 4.16. The van der Waals surface area contributed by atoms with Crippen LogP contribution in [0, 0.1) is 5.41 Å². The van der Waals surface area contributed by atoms with Crippen LogP contribution in [0.15, 0.2) is 0 Å². The van der Waals surface area contributed by atoms with Crippen LogP contribution in [0.25, 0.3) is 0 Å². The standard InChI is InChI=1S/C15H31N3O/c1-5-15(9-7-10-16-13-15)14(19)18(6-2)12-8-11-17(3)4/h16H,5-13H2,1-4H3. The van der Waals surface area contributed by atoms with Gasteiger partial charge in [-0.25, -0.2) is 0 Å². The lowest BCUT2D eigenvalue weighted by molar-refractivity contribution is -0.143. The van der Waals surface area contributed by atoms with Gasteiger partial charge in [0.2, 0.25) is 5.91 Å². The highest BCUT2D eigenvalue weighted by Crippen LogP contribution is 2.32. The molecular weight excluding hydrogens is 238 g/mol. The second-order valence-electron chi connectivity index (χ2n) is 5.96. The van der Waals surface area contributed by atoms with Crippen molar-refractivity contribution in [3.05, 3.63) is 0 Å². The quantitative estimate of drug-likeness (QED) is 0.762. The van der Waals surface area contributed by atoms with E-state index in [0.29, 0.717) is 5.91 Å². The minimum atomic E-state index is -0.146. The Bertz CT molecular complexity index is 273. The van der Waals surface area contributed by atoms with Gasteiger partial charge in [-0.1, -0.05) is 6.92 Å². The number of carbonyl (C=O) groups is 1. The number of rotatable bonds is 7. The molecule has 1 aliphatic heterocycles. The Morgan fingerprint density at radius 2 is 2.00 bits per heavy atom. The molecule has 1 saturated heterocycles. The number of hydrogen-bond donors (Lipinski definition) is 1. The number of amides is 1. The third-order valence-electron chi connectivity index (χ3n) is 4.31. The van der Waals surface area contributed by atoms with Crippen molar-refractivity contribution in [1.82, 2.24) is 15.1 Å². The first-order valence-corrected chi connectivity index (χ1v) is 7.70. The molecule has 1 amide bonds. The molecule has 0 aromatic carbocycles. The lowest BCUT2D eigenvalue weighted by atomic mass is 9.77. The molecule has 1 unspecified atom stereocenters. The average molecular weight is 269 g/mol. The summed E-state index contributed by atoms with van der Waals surface area (Å²) in [6.07, 6.45) is 4.16. The molecule has 4 nitrogen and oxygen atoms in total. The minimum Gasteiger partial charge on any atom is -0.342 e. The van der Waals surface area contributed by atoms with Crippen LogP contribution in [-0.2, 0) is 4.79 Å². The first-order chi connectivity index (χ1) is 9.05. The summed E-state index contributed by atoms with van der Waals surface area (Å²) in [5.74, 6) is 0.364. The van der Waals surface area contributed by atoms with Crippen LogP contribution in [0.3, 0.4) is 0 Å². The van der Waals surface area contributed by atoms with Gasteiger partial charge >= 0.3 is 0 Å². The van der Waals surface area contributed by atoms with E-state index >= 15 is 0 Å². The molecule has 0 aromatic rings. The van der Waals surface area contributed by atoms with Crippen molar-refractivity contribution in [3.63, 3.8) is 0 Å². The van der Waals surface area contributed by atoms with E-state index in [9.17, 15) is 4.79 Å². The van der Waals surface area contributed by atoms with E-state index in [4.69, 9.17) is 0 Å². The van der Waals surface area contributed by atoms with Gasteiger partial charge in [-0.2, -0.15) is 0 Å². The van der Waals surface area contributed by atoms with Gasteiger partial charge in [0, 0.05) is 19.6 Å². The fraction of sp³-hybridized carbons (Fsp3) is 0.933. The molecule has 1 fully saturated rings. The second kappa shape index (κ2) is 7.85. The predicted octanol–water partition coefficient (Wildman–Crippen LogP) is 1.57. The maximum atomic E-state index is 12.8. The van der Waals surface area contributed by atoms with Crippen molar-refractivity contribution in [3.8, 4) is 0 Å². The molecule has 4 heteroatoms.